The molecule has 2 unspecified atom stereocenters. The largest absolute Gasteiger partial charge is 0.311 e. The molecular weight excluding hydrogens is 170 g/mol. The Bertz CT molecular complexity index is 172. The minimum Gasteiger partial charge on any atom is -0.311 e. The van der Waals surface area contributed by atoms with Crippen molar-refractivity contribution in [1.82, 2.24) is 5.32 Å². The van der Waals surface area contributed by atoms with E-state index in [-0.39, 0.29) is 0 Å². The number of hydrogen-bond acceptors (Lipinski definition) is 1. The molecule has 0 bridgehead atoms. The van der Waals surface area contributed by atoms with Gasteiger partial charge >= 0.3 is 0 Å². The second kappa shape index (κ2) is 4.65. The van der Waals surface area contributed by atoms with Gasteiger partial charge in [-0.15, -0.1) is 0 Å². The first-order chi connectivity index (χ1) is 6.79. The minimum absolute atomic E-state index is 0.853. The first-order valence-corrected chi connectivity index (χ1v) is 6.55. The van der Waals surface area contributed by atoms with E-state index >= 15 is 0 Å². The van der Waals surface area contributed by atoms with Crippen LogP contribution in [0, 0.1) is 11.8 Å². The van der Waals surface area contributed by atoms with E-state index in [9.17, 15) is 0 Å². The molecule has 0 spiro atoms. The van der Waals surface area contributed by atoms with Crippen LogP contribution in [0.3, 0.4) is 0 Å². The van der Waals surface area contributed by atoms with Crippen LogP contribution in [0.15, 0.2) is 0 Å². The average molecular weight is 195 g/mol. The van der Waals surface area contributed by atoms with E-state index in [0.29, 0.717) is 0 Å². The van der Waals surface area contributed by atoms with E-state index in [1.165, 1.54) is 44.9 Å². The molecule has 1 nitrogen and oxygen atoms in total. The molecular formula is C13H25N. The first-order valence-electron chi connectivity index (χ1n) is 6.55. The van der Waals surface area contributed by atoms with Gasteiger partial charge in [0.2, 0.25) is 0 Å². The van der Waals surface area contributed by atoms with Crippen molar-refractivity contribution in [2.45, 2.75) is 70.9 Å². The molecule has 0 radical (unpaired) electrons. The normalized spacial score (nSPS) is 43.3. The number of rotatable bonds is 3. The summed E-state index contributed by atoms with van der Waals surface area (Å²) in [6.45, 7) is 4.73. The molecule has 82 valence electrons. The Labute approximate surface area is 88.7 Å². The Morgan fingerprint density at radius 2 is 1.86 bits per heavy atom. The lowest BCUT2D eigenvalue weighted by atomic mass is 9.78. The third-order valence-corrected chi connectivity index (χ3v) is 4.26. The van der Waals surface area contributed by atoms with Gasteiger partial charge in [0.05, 0.1) is 0 Å². The standard InChI is InChI=1S/C13H25N/c1-3-11-6-4-5-7-13(11)14-12-8-10(2)9-12/h10-14H,3-9H2,1-2H3. The highest BCUT2D eigenvalue weighted by Gasteiger charge is 2.30. The zero-order valence-electron chi connectivity index (χ0n) is 9.76. The van der Waals surface area contributed by atoms with Gasteiger partial charge in [-0.2, -0.15) is 0 Å². The fourth-order valence-electron chi connectivity index (χ4n) is 3.26. The smallest absolute Gasteiger partial charge is 0.00978 e. The molecule has 0 heterocycles. The van der Waals surface area contributed by atoms with Gasteiger partial charge in [0.25, 0.3) is 0 Å². The lowest BCUT2D eigenvalue weighted by Crippen LogP contribution is -2.49. The van der Waals surface area contributed by atoms with Crippen LogP contribution in [0.1, 0.15) is 58.8 Å². The van der Waals surface area contributed by atoms with Crippen molar-refractivity contribution < 1.29 is 0 Å². The van der Waals surface area contributed by atoms with Crippen LogP contribution in [-0.2, 0) is 0 Å². The molecule has 2 aliphatic carbocycles. The number of nitrogens with one attached hydrogen (secondary N) is 1. The van der Waals surface area contributed by atoms with Crippen LogP contribution < -0.4 is 5.32 Å². The second-order valence-electron chi connectivity index (χ2n) is 5.50. The predicted octanol–water partition coefficient (Wildman–Crippen LogP) is 3.34. The third-order valence-electron chi connectivity index (χ3n) is 4.26. The van der Waals surface area contributed by atoms with E-state index in [4.69, 9.17) is 0 Å². The van der Waals surface area contributed by atoms with Crippen molar-refractivity contribution in [3.8, 4) is 0 Å². The molecule has 2 rings (SSSR count). The highest BCUT2D eigenvalue weighted by Crippen LogP contribution is 2.31. The van der Waals surface area contributed by atoms with Gasteiger partial charge < -0.3 is 5.32 Å². The van der Waals surface area contributed by atoms with Crippen LogP contribution in [0.4, 0.5) is 0 Å². The quantitative estimate of drug-likeness (QED) is 0.728. The van der Waals surface area contributed by atoms with Gasteiger partial charge in [0, 0.05) is 12.1 Å². The predicted molar refractivity (Wildman–Crippen MR) is 61.4 cm³/mol. The summed E-state index contributed by atoms with van der Waals surface area (Å²) in [6, 6.07) is 1.72. The van der Waals surface area contributed by atoms with Gasteiger partial charge in [-0.3, -0.25) is 0 Å². The third kappa shape index (κ3) is 2.31. The van der Waals surface area contributed by atoms with E-state index in [1.807, 2.05) is 0 Å². The molecule has 14 heavy (non-hydrogen) atoms. The molecule has 2 saturated carbocycles. The van der Waals surface area contributed by atoms with Gasteiger partial charge in [-0.1, -0.05) is 33.1 Å². The zero-order chi connectivity index (χ0) is 9.97. The Kier molecular flexibility index (Phi) is 3.48. The Hall–Kier alpha value is -0.0400. The summed E-state index contributed by atoms with van der Waals surface area (Å²) in [5.74, 6) is 1.95. The molecule has 2 aliphatic rings. The van der Waals surface area contributed by atoms with Crippen LogP contribution in [0.25, 0.3) is 0 Å². The highest BCUT2D eigenvalue weighted by atomic mass is 15.0. The first kappa shape index (κ1) is 10.5. The maximum Gasteiger partial charge on any atom is 0.00978 e. The van der Waals surface area contributed by atoms with Crippen molar-refractivity contribution in [2.24, 2.45) is 11.8 Å². The van der Waals surface area contributed by atoms with Crippen molar-refractivity contribution in [3.63, 3.8) is 0 Å². The summed E-state index contributed by atoms with van der Waals surface area (Å²) >= 11 is 0. The van der Waals surface area contributed by atoms with Gasteiger partial charge in [0.1, 0.15) is 0 Å². The molecule has 2 atom stereocenters. The lowest BCUT2D eigenvalue weighted by molar-refractivity contribution is 0.168. The van der Waals surface area contributed by atoms with E-state index < -0.39 is 0 Å². The van der Waals surface area contributed by atoms with Crippen LogP contribution in [0.5, 0.6) is 0 Å². The molecule has 0 aliphatic heterocycles. The average Bonchev–Trinajstić information content (AvgIpc) is 2.16. The van der Waals surface area contributed by atoms with Gasteiger partial charge in [0.15, 0.2) is 0 Å². The highest BCUT2D eigenvalue weighted by molar-refractivity contribution is 4.88. The molecule has 0 saturated heterocycles. The van der Waals surface area contributed by atoms with Crippen molar-refractivity contribution >= 4 is 0 Å². The lowest BCUT2D eigenvalue weighted by Gasteiger charge is -2.40. The SMILES string of the molecule is CCC1CCCCC1NC1CC(C)C1. The second-order valence-corrected chi connectivity index (χ2v) is 5.50. The molecule has 1 heteroatoms. The maximum absolute atomic E-state index is 3.89. The van der Waals surface area contributed by atoms with Crippen LogP contribution in [-0.4, -0.2) is 12.1 Å². The summed E-state index contributed by atoms with van der Waals surface area (Å²) in [5, 5.41) is 3.89. The van der Waals surface area contributed by atoms with Gasteiger partial charge in [-0.25, -0.2) is 0 Å². The van der Waals surface area contributed by atoms with E-state index in [1.54, 1.807) is 0 Å². The molecule has 1 N–H and O–H groups in total. The van der Waals surface area contributed by atoms with Crippen LogP contribution >= 0.6 is 0 Å². The Morgan fingerprint density at radius 3 is 2.50 bits per heavy atom. The molecule has 2 fully saturated rings. The maximum atomic E-state index is 3.89. The fraction of sp³-hybridized carbons (Fsp3) is 1.00. The summed E-state index contributed by atoms with van der Waals surface area (Å²) in [5.41, 5.74) is 0. The monoisotopic (exact) mass is 195 g/mol. The summed E-state index contributed by atoms with van der Waals surface area (Å²) in [6.07, 6.45) is 10.0. The van der Waals surface area contributed by atoms with Crippen molar-refractivity contribution in [2.75, 3.05) is 0 Å². The Balaban J connectivity index is 1.77. The van der Waals surface area contributed by atoms with Gasteiger partial charge in [-0.05, 0) is 37.5 Å². The minimum atomic E-state index is 0.853. The van der Waals surface area contributed by atoms with Crippen LogP contribution in [0.2, 0.25) is 0 Å². The van der Waals surface area contributed by atoms with E-state index in [2.05, 4.69) is 19.2 Å². The summed E-state index contributed by atoms with van der Waals surface area (Å²) < 4.78 is 0. The summed E-state index contributed by atoms with van der Waals surface area (Å²) in [4.78, 5) is 0. The molecule has 0 aromatic rings. The zero-order valence-corrected chi connectivity index (χ0v) is 9.76. The summed E-state index contributed by atoms with van der Waals surface area (Å²) in [7, 11) is 0. The topological polar surface area (TPSA) is 12.0 Å². The molecule has 0 amide bonds. The Morgan fingerprint density at radius 1 is 1.14 bits per heavy atom. The molecule has 0 aromatic heterocycles. The molecule has 0 aromatic carbocycles. The van der Waals surface area contributed by atoms with Crippen molar-refractivity contribution in [3.05, 3.63) is 0 Å². The van der Waals surface area contributed by atoms with E-state index in [0.717, 1.165) is 23.9 Å². The van der Waals surface area contributed by atoms with Crippen molar-refractivity contribution in [1.29, 1.82) is 0 Å². The number of hydrogen-bond donors (Lipinski definition) is 1. The fourth-order valence-corrected chi connectivity index (χ4v) is 3.26.